The van der Waals surface area contributed by atoms with E-state index in [4.69, 9.17) is 11.6 Å². The summed E-state index contributed by atoms with van der Waals surface area (Å²) in [6.45, 7) is 3.83. The number of benzene rings is 1. The van der Waals surface area contributed by atoms with Crippen LogP contribution < -0.4 is 5.32 Å². The third-order valence-corrected chi connectivity index (χ3v) is 2.69. The van der Waals surface area contributed by atoms with Crippen molar-refractivity contribution in [1.29, 1.82) is 0 Å². The topological polar surface area (TPSA) is 57.8 Å². The lowest BCUT2D eigenvalue weighted by Crippen LogP contribution is -2.30. The Morgan fingerprint density at radius 1 is 1.33 bits per heavy atom. The Morgan fingerprint density at radius 2 is 2.00 bits per heavy atom. The zero-order valence-corrected chi connectivity index (χ0v) is 11.0. The van der Waals surface area contributed by atoms with Gasteiger partial charge in [-0.05, 0) is 26.0 Å². The molecular formula is C13H14ClN3O. The van der Waals surface area contributed by atoms with Crippen molar-refractivity contribution >= 4 is 17.5 Å². The minimum Gasteiger partial charge on any atom is -0.350 e. The van der Waals surface area contributed by atoms with Crippen LogP contribution in [0.4, 0.5) is 0 Å². The molecule has 0 saturated carbocycles. The van der Waals surface area contributed by atoms with Crippen molar-refractivity contribution in [3.8, 4) is 11.3 Å². The number of aromatic nitrogens is 2. The van der Waals surface area contributed by atoms with Gasteiger partial charge in [0.15, 0.2) is 0 Å². The third kappa shape index (κ3) is 2.71. The summed E-state index contributed by atoms with van der Waals surface area (Å²) in [6.07, 6.45) is 1.53. The Morgan fingerprint density at radius 3 is 2.61 bits per heavy atom. The molecule has 0 atom stereocenters. The van der Waals surface area contributed by atoms with Crippen molar-refractivity contribution < 1.29 is 4.79 Å². The van der Waals surface area contributed by atoms with E-state index in [1.54, 1.807) is 12.1 Å². The number of aromatic amines is 1. The molecule has 0 aliphatic heterocycles. The van der Waals surface area contributed by atoms with Crippen LogP contribution >= 0.6 is 11.6 Å². The molecule has 1 heterocycles. The number of carbonyl (C=O) groups is 1. The van der Waals surface area contributed by atoms with Crippen LogP contribution in [0, 0.1) is 0 Å². The average Bonchev–Trinajstić information content (AvgIpc) is 2.78. The Hall–Kier alpha value is -1.81. The van der Waals surface area contributed by atoms with E-state index in [2.05, 4.69) is 15.5 Å². The number of rotatable bonds is 3. The van der Waals surface area contributed by atoms with Crippen molar-refractivity contribution in [2.75, 3.05) is 0 Å². The van der Waals surface area contributed by atoms with Crippen molar-refractivity contribution in [2.45, 2.75) is 19.9 Å². The lowest BCUT2D eigenvalue weighted by Gasteiger charge is -2.08. The maximum atomic E-state index is 12.0. The number of hydrogen-bond donors (Lipinski definition) is 2. The molecule has 94 valence electrons. The molecule has 5 heteroatoms. The van der Waals surface area contributed by atoms with Gasteiger partial charge in [0, 0.05) is 16.6 Å². The van der Waals surface area contributed by atoms with E-state index in [1.165, 1.54) is 6.20 Å². The van der Waals surface area contributed by atoms with Crippen LogP contribution in [0.1, 0.15) is 24.2 Å². The lowest BCUT2D eigenvalue weighted by molar-refractivity contribution is 0.0944. The van der Waals surface area contributed by atoms with Crippen LogP contribution in [0.15, 0.2) is 30.5 Å². The average molecular weight is 264 g/mol. The first-order valence-corrected chi connectivity index (χ1v) is 6.06. The number of hydrogen-bond acceptors (Lipinski definition) is 2. The second-order valence-electron chi connectivity index (χ2n) is 4.29. The highest BCUT2D eigenvalue weighted by Crippen LogP contribution is 2.22. The predicted octanol–water partition coefficient (Wildman–Crippen LogP) is 2.87. The summed E-state index contributed by atoms with van der Waals surface area (Å²) in [6, 6.07) is 7.35. The maximum Gasteiger partial charge on any atom is 0.255 e. The van der Waals surface area contributed by atoms with E-state index in [0.717, 1.165) is 5.56 Å². The van der Waals surface area contributed by atoms with Crippen molar-refractivity contribution in [2.24, 2.45) is 0 Å². The number of H-pyrrole nitrogens is 1. The normalized spacial score (nSPS) is 10.7. The van der Waals surface area contributed by atoms with E-state index in [1.807, 2.05) is 26.0 Å². The molecule has 1 aromatic heterocycles. The summed E-state index contributed by atoms with van der Waals surface area (Å²) in [5.74, 6) is -0.135. The fourth-order valence-electron chi connectivity index (χ4n) is 1.63. The van der Waals surface area contributed by atoms with Crippen LogP contribution in [0.2, 0.25) is 5.02 Å². The number of halogens is 1. The largest absolute Gasteiger partial charge is 0.350 e. The smallest absolute Gasteiger partial charge is 0.255 e. The summed E-state index contributed by atoms with van der Waals surface area (Å²) in [7, 11) is 0. The van der Waals surface area contributed by atoms with E-state index < -0.39 is 0 Å². The van der Waals surface area contributed by atoms with Gasteiger partial charge in [-0.25, -0.2) is 0 Å². The maximum absolute atomic E-state index is 12.0. The molecule has 0 aliphatic rings. The molecule has 0 radical (unpaired) electrons. The van der Waals surface area contributed by atoms with Gasteiger partial charge in [0.25, 0.3) is 5.91 Å². The number of amides is 1. The number of nitrogens with one attached hydrogen (secondary N) is 2. The van der Waals surface area contributed by atoms with Crippen LogP contribution in [0.5, 0.6) is 0 Å². The Kier molecular flexibility index (Phi) is 3.67. The summed E-state index contributed by atoms with van der Waals surface area (Å²) in [5.41, 5.74) is 2.11. The Bertz CT molecular complexity index is 546. The summed E-state index contributed by atoms with van der Waals surface area (Å²) >= 11 is 5.84. The van der Waals surface area contributed by atoms with Crippen LogP contribution in [0.3, 0.4) is 0 Å². The Balaban J connectivity index is 2.33. The molecule has 0 bridgehead atoms. The van der Waals surface area contributed by atoms with Crippen molar-refractivity contribution in [3.63, 3.8) is 0 Å². The quantitative estimate of drug-likeness (QED) is 0.895. The number of nitrogens with zero attached hydrogens (tertiary/aromatic N) is 1. The molecule has 1 amide bonds. The molecule has 4 nitrogen and oxygen atoms in total. The van der Waals surface area contributed by atoms with Gasteiger partial charge in [0.05, 0.1) is 17.5 Å². The van der Waals surface area contributed by atoms with Crippen LogP contribution in [-0.2, 0) is 0 Å². The number of carbonyl (C=O) groups excluding carboxylic acids is 1. The molecule has 1 aromatic carbocycles. The first-order valence-electron chi connectivity index (χ1n) is 5.68. The molecule has 0 unspecified atom stereocenters. The Labute approximate surface area is 110 Å². The van der Waals surface area contributed by atoms with Gasteiger partial charge in [-0.15, -0.1) is 0 Å². The van der Waals surface area contributed by atoms with Gasteiger partial charge in [0.1, 0.15) is 0 Å². The minimum atomic E-state index is -0.135. The third-order valence-electron chi connectivity index (χ3n) is 2.44. The molecule has 2 aromatic rings. The predicted molar refractivity (Wildman–Crippen MR) is 71.6 cm³/mol. The van der Waals surface area contributed by atoms with Gasteiger partial charge in [-0.1, -0.05) is 23.7 Å². The molecular weight excluding hydrogens is 250 g/mol. The summed E-state index contributed by atoms with van der Waals surface area (Å²) in [5, 5.41) is 10.3. The van der Waals surface area contributed by atoms with E-state index in [9.17, 15) is 4.79 Å². The molecule has 18 heavy (non-hydrogen) atoms. The fourth-order valence-corrected chi connectivity index (χ4v) is 1.76. The van der Waals surface area contributed by atoms with Crippen molar-refractivity contribution in [3.05, 3.63) is 41.0 Å². The van der Waals surface area contributed by atoms with Gasteiger partial charge in [-0.3, -0.25) is 9.89 Å². The molecule has 0 saturated heterocycles. The van der Waals surface area contributed by atoms with Crippen LogP contribution in [0.25, 0.3) is 11.3 Å². The van der Waals surface area contributed by atoms with E-state index in [0.29, 0.717) is 16.3 Å². The highest BCUT2D eigenvalue weighted by atomic mass is 35.5. The molecule has 0 spiro atoms. The van der Waals surface area contributed by atoms with E-state index in [-0.39, 0.29) is 11.9 Å². The zero-order valence-electron chi connectivity index (χ0n) is 10.2. The highest BCUT2D eigenvalue weighted by Gasteiger charge is 2.15. The molecule has 0 fully saturated rings. The molecule has 2 rings (SSSR count). The van der Waals surface area contributed by atoms with Gasteiger partial charge in [0.2, 0.25) is 0 Å². The van der Waals surface area contributed by atoms with E-state index >= 15 is 0 Å². The minimum absolute atomic E-state index is 0.0884. The standard InChI is InChI=1S/C13H14ClN3O/c1-8(2)16-13(18)11-7-15-17-12(11)9-3-5-10(14)6-4-9/h3-8H,1-2H3,(H,15,17)(H,16,18). The lowest BCUT2D eigenvalue weighted by atomic mass is 10.1. The summed E-state index contributed by atoms with van der Waals surface area (Å²) < 4.78 is 0. The zero-order chi connectivity index (χ0) is 13.1. The second kappa shape index (κ2) is 5.23. The first kappa shape index (κ1) is 12.6. The molecule has 2 N–H and O–H groups in total. The fraction of sp³-hybridized carbons (Fsp3) is 0.231. The van der Waals surface area contributed by atoms with Gasteiger partial charge < -0.3 is 5.32 Å². The summed E-state index contributed by atoms with van der Waals surface area (Å²) in [4.78, 5) is 12.0. The SMILES string of the molecule is CC(C)NC(=O)c1cn[nH]c1-c1ccc(Cl)cc1. The second-order valence-corrected chi connectivity index (χ2v) is 4.73. The molecule has 0 aliphatic carbocycles. The van der Waals surface area contributed by atoms with Crippen molar-refractivity contribution in [1.82, 2.24) is 15.5 Å². The highest BCUT2D eigenvalue weighted by molar-refractivity contribution is 6.30. The first-order chi connectivity index (χ1) is 8.58. The van der Waals surface area contributed by atoms with Gasteiger partial charge >= 0.3 is 0 Å². The van der Waals surface area contributed by atoms with Gasteiger partial charge in [-0.2, -0.15) is 5.10 Å². The van der Waals surface area contributed by atoms with Crippen LogP contribution in [-0.4, -0.2) is 22.1 Å². The monoisotopic (exact) mass is 263 g/mol.